The first kappa shape index (κ1) is 9.40. The Labute approximate surface area is 90.9 Å². The first-order valence-electron chi connectivity index (χ1n) is 6.10. The zero-order valence-corrected chi connectivity index (χ0v) is 9.37. The number of aromatic nitrogens is 2. The summed E-state index contributed by atoms with van der Waals surface area (Å²) in [7, 11) is 0. The molecule has 1 fully saturated rings. The van der Waals surface area contributed by atoms with Gasteiger partial charge >= 0.3 is 0 Å². The third-order valence-electron chi connectivity index (χ3n) is 3.69. The van der Waals surface area contributed by atoms with Gasteiger partial charge < -0.3 is 9.88 Å². The number of imidazole rings is 1. The highest BCUT2D eigenvalue weighted by Gasteiger charge is 2.24. The number of hydrogen-bond acceptors (Lipinski definition) is 2. The molecule has 0 amide bonds. The quantitative estimate of drug-likeness (QED) is 0.795. The van der Waals surface area contributed by atoms with E-state index in [1.807, 2.05) is 0 Å². The molecular weight excluding hydrogens is 186 g/mol. The third-order valence-corrected chi connectivity index (χ3v) is 3.69. The minimum Gasteiger partial charge on any atom is -0.333 e. The van der Waals surface area contributed by atoms with Gasteiger partial charge in [0, 0.05) is 31.2 Å². The van der Waals surface area contributed by atoms with Crippen LogP contribution >= 0.6 is 0 Å². The minimum absolute atomic E-state index is 0.677. The van der Waals surface area contributed by atoms with Crippen LogP contribution in [0.2, 0.25) is 0 Å². The fourth-order valence-corrected chi connectivity index (χ4v) is 2.63. The summed E-state index contributed by atoms with van der Waals surface area (Å²) in [5.41, 5.74) is 1.16. The van der Waals surface area contributed by atoms with Crippen LogP contribution in [0.1, 0.15) is 37.2 Å². The Bertz CT molecular complexity index is 352. The van der Waals surface area contributed by atoms with Gasteiger partial charge in [0.15, 0.2) is 0 Å². The fourth-order valence-electron chi connectivity index (χ4n) is 2.63. The molecule has 0 bridgehead atoms. The van der Waals surface area contributed by atoms with Crippen molar-refractivity contribution in [2.75, 3.05) is 0 Å². The standard InChI is InChI=1S/C12H19N3/c1-9-7-15-8-11(5-6-12(15)13-9)14-10-3-2-4-10/h7,10-11,14H,2-6,8H2,1H3. The van der Waals surface area contributed by atoms with Crippen LogP contribution in [0.15, 0.2) is 6.20 Å². The monoisotopic (exact) mass is 205 g/mol. The molecule has 1 saturated carbocycles. The molecule has 1 N–H and O–H groups in total. The predicted molar refractivity (Wildman–Crippen MR) is 59.8 cm³/mol. The van der Waals surface area contributed by atoms with Crippen molar-refractivity contribution >= 4 is 0 Å². The lowest BCUT2D eigenvalue weighted by atomic mass is 9.91. The van der Waals surface area contributed by atoms with Crippen LogP contribution in [-0.2, 0) is 13.0 Å². The molecule has 2 aliphatic rings. The summed E-state index contributed by atoms with van der Waals surface area (Å²) in [5.74, 6) is 1.28. The molecule has 2 heterocycles. The number of nitrogens with one attached hydrogen (secondary N) is 1. The highest BCUT2D eigenvalue weighted by atomic mass is 15.1. The van der Waals surface area contributed by atoms with E-state index in [0.29, 0.717) is 6.04 Å². The van der Waals surface area contributed by atoms with Gasteiger partial charge in [0.1, 0.15) is 5.82 Å². The van der Waals surface area contributed by atoms with Crippen molar-refractivity contribution in [1.29, 1.82) is 0 Å². The largest absolute Gasteiger partial charge is 0.333 e. The van der Waals surface area contributed by atoms with Gasteiger partial charge in [0.25, 0.3) is 0 Å². The van der Waals surface area contributed by atoms with E-state index in [0.717, 1.165) is 24.7 Å². The molecule has 82 valence electrons. The molecular formula is C12H19N3. The Morgan fingerprint density at radius 3 is 2.93 bits per heavy atom. The number of rotatable bonds is 2. The lowest BCUT2D eigenvalue weighted by Gasteiger charge is -2.33. The average molecular weight is 205 g/mol. The Hall–Kier alpha value is -0.830. The van der Waals surface area contributed by atoms with E-state index in [-0.39, 0.29) is 0 Å². The summed E-state index contributed by atoms with van der Waals surface area (Å²) >= 11 is 0. The van der Waals surface area contributed by atoms with E-state index in [4.69, 9.17) is 0 Å². The molecule has 1 unspecified atom stereocenters. The smallest absolute Gasteiger partial charge is 0.109 e. The van der Waals surface area contributed by atoms with Crippen molar-refractivity contribution in [3.63, 3.8) is 0 Å². The Morgan fingerprint density at radius 2 is 2.20 bits per heavy atom. The Kier molecular flexibility index (Phi) is 2.28. The van der Waals surface area contributed by atoms with Crippen LogP contribution in [0.5, 0.6) is 0 Å². The maximum Gasteiger partial charge on any atom is 0.109 e. The summed E-state index contributed by atoms with van der Waals surface area (Å²) < 4.78 is 2.33. The summed E-state index contributed by atoms with van der Waals surface area (Å²) in [6.45, 7) is 3.20. The second-order valence-corrected chi connectivity index (χ2v) is 4.98. The summed E-state index contributed by atoms with van der Waals surface area (Å²) in [5, 5.41) is 3.76. The van der Waals surface area contributed by atoms with Crippen LogP contribution in [-0.4, -0.2) is 21.6 Å². The number of fused-ring (bicyclic) bond motifs is 1. The van der Waals surface area contributed by atoms with Gasteiger partial charge in [-0.05, 0) is 26.2 Å². The first-order valence-corrected chi connectivity index (χ1v) is 6.10. The van der Waals surface area contributed by atoms with Gasteiger partial charge in [-0.25, -0.2) is 4.98 Å². The molecule has 0 saturated heterocycles. The van der Waals surface area contributed by atoms with Crippen LogP contribution in [0, 0.1) is 6.92 Å². The van der Waals surface area contributed by atoms with E-state index in [2.05, 4.69) is 28.0 Å². The van der Waals surface area contributed by atoms with Gasteiger partial charge in [-0.2, -0.15) is 0 Å². The SMILES string of the molecule is Cc1cn2c(n1)CCC(NC1CCC1)C2. The van der Waals surface area contributed by atoms with E-state index in [1.54, 1.807) is 0 Å². The topological polar surface area (TPSA) is 29.9 Å². The Morgan fingerprint density at radius 1 is 1.33 bits per heavy atom. The third kappa shape index (κ3) is 1.81. The van der Waals surface area contributed by atoms with Crippen molar-refractivity contribution < 1.29 is 0 Å². The van der Waals surface area contributed by atoms with Crippen molar-refractivity contribution in [2.24, 2.45) is 0 Å². The molecule has 0 radical (unpaired) electrons. The molecule has 1 aliphatic carbocycles. The maximum absolute atomic E-state index is 4.53. The van der Waals surface area contributed by atoms with E-state index < -0.39 is 0 Å². The van der Waals surface area contributed by atoms with Gasteiger partial charge in [-0.3, -0.25) is 0 Å². The van der Waals surface area contributed by atoms with Crippen molar-refractivity contribution in [3.05, 3.63) is 17.7 Å². The zero-order valence-electron chi connectivity index (χ0n) is 9.37. The molecule has 1 atom stereocenters. The van der Waals surface area contributed by atoms with Crippen molar-refractivity contribution in [2.45, 2.75) is 57.7 Å². The summed E-state index contributed by atoms with van der Waals surface area (Å²) in [4.78, 5) is 4.53. The second-order valence-electron chi connectivity index (χ2n) is 4.98. The van der Waals surface area contributed by atoms with Crippen LogP contribution in [0.4, 0.5) is 0 Å². The number of hydrogen-bond donors (Lipinski definition) is 1. The zero-order chi connectivity index (χ0) is 10.3. The molecule has 0 spiro atoms. The molecule has 0 aromatic carbocycles. The number of nitrogens with zero attached hydrogens (tertiary/aromatic N) is 2. The first-order chi connectivity index (χ1) is 7.31. The number of aryl methyl sites for hydroxylation is 2. The second kappa shape index (κ2) is 3.63. The fraction of sp³-hybridized carbons (Fsp3) is 0.750. The molecule has 3 rings (SSSR count). The van der Waals surface area contributed by atoms with Gasteiger partial charge in [-0.1, -0.05) is 6.42 Å². The van der Waals surface area contributed by atoms with Crippen molar-refractivity contribution in [1.82, 2.24) is 14.9 Å². The lowest BCUT2D eigenvalue weighted by molar-refractivity contribution is 0.267. The van der Waals surface area contributed by atoms with Gasteiger partial charge in [0.2, 0.25) is 0 Å². The van der Waals surface area contributed by atoms with Crippen LogP contribution < -0.4 is 5.32 Å². The molecule has 1 aromatic heterocycles. The highest BCUT2D eigenvalue weighted by Crippen LogP contribution is 2.21. The van der Waals surface area contributed by atoms with Crippen molar-refractivity contribution in [3.8, 4) is 0 Å². The minimum atomic E-state index is 0.677. The summed E-state index contributed by atoms with van der Waals surface area (Å²) in [6.07, 6.45) is 8.76. The normalized spacial score (nSPS) is 26.1. The van der Waals surface area contributed by atoms with Gasteiger partial charge in [0.05, 0.1) is 5.69 Å². The van der Waals surface area contributed by atoms with E-state index >= 15 is 0 Å². The van der Waals surface area contributed by atoms with E-state index in [9.17, 15) is 0 Å². The van der Waals surface area contributed by atoms with Crippen LogP contribution in [0.3, 0.4) is 0 Å². The van der Waals surface area contributed by atoms with Crippen LogP contribution in [0.25, 0.3) is 0 Å². The molecule has 15 heavy (non-hydrogen) atoms. The van der Waals surface area contributed by atoms with Gasteiger partial charge in [-0.15, -0.1) is 0 Å². The summed E-state index contributed by atoms with van der Waals surface area (Å²) in [6, 6.07) is 1.48. The highest BCUT2D eigenvalue weighted by molar-refractivity contribution is 5.06. The molecule has 1 aromatic rings. The maximum atomic E-state index is 4.53. The average Bonchev–Trinajstić information content (AvgIpc) is 2.50. The molecule has 3 nitrogen and oxygen atoms in total. The molecule has 1 aliphatic heterocycles. The Balaban J connectivity index is 1.65. The lowest BCUT2D eigenvalue weighted by Crippen LogP contribution is -2.46. The molecule has 3 heteroatoms. The predicted octanol–water partition coefficient (Wildman–Crippen LogP) is 1.65. The van der Waals surface area contributed by atoms with E-state index in [1.165, 1.54) is 31.5 Å².